The Bertz CT molecular complexity index is 1540. The van der Waals surface area contributed by atoms with E-state index in [0.29, 0.717) is 10.8 Å². The van der Waals surface area contributed by atoms with E-state index in [4.69, 9.17) is 14.5 Å². The van der Waals surface area contributed by atoms with Gasteiger partial charge < -0.3 is 19.8 Å². The average molecular weight is 581 g/mol. The molecule has 1 unspecified atom stereocenters. The summed E-state index contributed by atoms with van der Waals surface area (Å²) in [5.41, 5.74) is 3.70. The predicted octanol–water partition coefficient (Wildman–Crippen LogP) is 4.71. The Balaban J connectivity index is 1.53. The Kier molecular flexibility index (Phi) is 8.80. The number of hydrogen-bond acceptors (Lipinski definition) is 8. The predicted molar refractivity (Wildman–Crippen MR) is 154 cm³/mol. The van der Waals surface area contributed by atoms with Gasteiger partial charge in [-0.3, -0.25) is 9.59 Å². The van der Waals surface area contributed by atoms with Crippen LogP contribution in [0.15, 0.2) is 82.8 Å². The minimum Gasteiger partial charge on any atom is -0.497 e. The molecule has 2 amide bonds. The van der Waals surface area contributed by atoms with Crippen molar-refractivity contribution in [1.82, 2.24) is 14.7 Å². The summed E-state index contributed by atoms with van der Waals surface area (Å²) in [6.45, 7) is 2.86. The molecule has 0 aliphatic carbocycles. The maximum Gasteiger partial charge on any atom is 0.264 e. The van der Waals surface area contributed by atoms with Gasteiger partial charge in [0.15, 0.2) is 5.16 Å². The molecule has 4 aromatic rings. The lowest BCUT2D eigenvalue weighted by molar-refractivity contribution is -0.117. The molecule has 0 bridgehead atoms. The topological polar surface area (TPSA) is 139 Å². The number of nitrogens with zero attached hydrogens (tertiary/aromatic N) is 1. The molecule has 1 aromatic heterocycles. The molecule has 10 nitrogen and oxygen atoms in total. The number of nitrogens with one attached hydrogen (secondary N) is 3. The van der Waals surface area contributed by atoms with Gasteiger partial charge in [0.25, 0.3) is 10.0 Å². The van der Waals surface area contributed by atoms with Crippen molar-refractivity contribution < 1.29 is 27.5 Å². The van der Waals surface area contributed by atoms with E-state index in [0.717, 1.165) is 40.9 Å². The largest absolute Gasteiger partial charge is 0.497 e. The zero-order valence-electron chi connectivity index (χ0n) is 22.2. The van der Waals surface area contributed by atoms with Crippen LogP contribution in [-0.4, -0.2) is 49.7 Å². The molecule has 12 heteroatoms. The van der Waals surface area contributed by atoms with Gasteiger partial charge in [-0.1, -0.05) is 11.8 Å². The molecule has 0 saturated heterocycles. The Morgan fingerprint density at radius 3 is 1.95 bits per heavy atom. The molecule has 0 radical (unpaired) electrons. The van der Waals surface area contributed by atoms with E-state index in [1.54, 1.807) is 21.1 Å². The van der Waals surface area contributed by atoms with Crippen LogP contribution >= 0.6 is 11.8 Å². The number of rotatable bonds is 10. The van der Waals surface area contributed by atoms with E-state index in [9.17, 15) is 18.0 Å². The Morgan fingerprint density at radius 1 is 0.875 bits per heavy atom. The van der Waals surface area contributed by atoms with Crippen LogP contribution in [-0.2, 0) is 19.6 Å². The zero-order valence-corrected chi connectivity index (χ0v) is 23.9. The molecule has 4 rings (SSSR count). The van der Waals surface area contributed by atoms with Crippen molar-refractivity contribution in [3.63, 3.8) is 0 Å². The molecule has 208 valence electrons. The molecule has 40 heavy (non-hydrogen) atoms. The molecule has 0 spiro atoms. The number of ether oxygens (including phenoxy) is 2. The number of anilines is 1. The van der Waals surface area contributed by atoms with Crippen LogP contribution in [0.5, 0.6) is 11.5 Å². The van der Waals surface area contributed by atoms with Crippen molar-refractivity contribution in [1.29, 1.82) is 0 Å². The van der Waals surface area contributed by atoms with Gasteiger partial charge in [-0.25, -0.2) is 18.1 Å². The number of hydrogen-bond donors (Lipinski definition) is 3. The number of carbonyl (C=O) groups is 2. The van der Waals surface area contributed by atoms with Crippen LogP contribution in [0.2, 0.25) is 0 Å². The Labute approximate surface area is 236 Å². The van der Waals surface area contributed by atoms with Gasteiger partial charge in [0.1, 0.15) is 11.5 Å². The Hall–Kier alpha value is -4.29. The van der Waals surface area contributed by atoms with Crippen LogP contribution in [0.1, 0.15) is 13.8 Å². The minimum absolute atomic E-state index is 0.0872. The van der Waals surface area contributed by atoms with Gasteiger partial charge in [-0.05, 0) is 79.7 Å². The Morgan fingerprint density at radius 2 is 1.43 bits per heavy atom. The van der Waals surface area contributed by atoms with E-state index >= 15 is 0 Å². The van der Waals surface area contributed by atoms with Crippen molar-refractivity contribution >= 4 is 39.3 Å². The van der Waals surface area contributed by atoms with Crippen molar-refractivity contribution in [2.45, 2.75) is 29.1 Å². The summed E-state index contributed by atoms with van der Waals surface area (Å²) in [6, 6.07) is 20.7. The first-order chi connectivity index (χ1) is 19.1. The molecule has 0 fully saturated rings. The normalized spacial score (nSPS) is 11.9. The lowest BCUT2D eigenvalue weighted by Crippen LogP contribution is -2.28. The monoisotopic (exact) mass is 580 g/mol. The summed E-state index contributed by atoms with van der Waals surface area (Å²) in [4.78, 5) is 32.1. The number of thioether (sulfide) groups is 1. The van der Waals surface area contributed by atoms with Crippen LogP contribution < -0.4 is 19.5 Å². The van der Waals surface area contributed by atoms with E-state index in [1.165, 1.54) is 36.0 Å². The third-order valence-corrected chi connectivity index (χ3v) is 8.23. The van der Waals surface area contributed by atoms with Crippen molar-refractivity contribution in [3.8, 4) is 34.0 Å². The van der Waals surface area contributed by atoms with Crippen molar-refractivity contribution in [3.05, 3.63) is 72.8 Å². The number of aromatic amines is 1. The molecule has 0 aliphatic heterocycles. The fourth-order valence-corrected chi connectivity index (χ4v) is 5.56. The first kappa shape index (κ1) is 28.7. The van der Waals surface area contributed by atoms with Crippen molar-refractivity contribution in [2.75, 3.05) is 19.5 Å². The molecular weight excluding hydrogens is 552 g/mol. The quantitative estimate of drug-likeness (QED) is 0.229. The summed E-state index contributed by atoms with van der Waals surface area (Å²) >= 11 is 1.25. The molecular formula is C28H28N4O6S2. The highest BCUT2D eigenvalue weighted by molar-refractivity contribution is 8.00. The van der Waals surface area contributed by atoms with Gasteiger partial charge in [0.05, 0.1) is 35.8 Å². The second-order valence-corrected chi connectivity index (χ2v) is 11.7. The molecule has 3 N–H and O–H groups in total. The minimum atomic E-state index is -3.96. The van der Waals surface area contributed by atoms with Gasteiger partial charge in [-0.2, -0.15) is 0 Å². The third kappa shape index (κ3) is 6.82. The van der Waals surface area contributed by atoms with Crippen molar-refractivity contribution in [2.24, 2.45) is 0 Å². The van der Waals surface area contributed by atoms with Crippen LogP contribution in [0.4, 0.5) is 5.69 Å². The maximum absolute atomic E-state index is 12.9. The second-order valence-electron chi connectivity index (χ2n) is 8.66. The molecule has 1 heterocycles. The van der Waals surface area contributed by atoms with E-state index in [2.05, 4.69) is 10.3 Å². The van der Waals surface area contributed by atoms with E-state index < -0.39 is 21.2 Å². The van der Waals surface area contributed by atoms with Crippen LogP contribution in [0.3, 0.4) is 0 Å². The molecule has 1 atom stereocenters. The summed E-state index contributed by atoms with van der Waals surface area (Å²) < 4.78 is 36.7. The van der Waals surface area contributed by atoms with Gasteiger partial charge in [0.2, 0.25) is 11.8 Å². The fraction of sp³-hybridized carbons (Fsp3) is 0.179. The third-order valence-electron chi connectivity index (χ3n) is 5.79. The highest BCUT2D eigenvalue weighted by Gasteiger charge is 2.21. The first-order valence-corrected chi connectivity index (χ1v) is 14.5. The van der Waals surface area contributed by atoms with Gasteiger partial charge >= 0.3 is 0 Å². The average Bonchev–Trinajstić information content (AvgIpc) is 3.36. The smallest absolute Gasteiger partial charge is 0.264 e. The molecule has 3 aromatic carbocycles. The number of sulfonamides is 1. The zero-order chi connectivity index (χ0) is 28.9. The number of imidazole rings is 1. The summed E-state index contributed by atoms with van der Waals surface area (Å²) in [7, 11) is -0.745. The highest BCUT2D eigenvalue weighted by atomic mass is 32.2. The fourth-order valence-electron chi connectivity index (χ4n) is 3.76. The number of benzene rings is 3. The lowest BCUT2D eigenvalue weighted by Gasteiger charge is -2.11. The van der Waals surface area contributed by atoms with E-state index in [-0.39, 0.29) is 10.8 Å². The standard InChI is InChI=1S/C28H28N4O6S2/c1-17(27(34)29-21-9-15-24(16-10-21)40(35,36)32-18(2)33)39-28-30-25(19-5-11-22(37-3)12-6-19)26(31-28)20-7-13-23(38-4)14-8-20/h5-17H,1-4H3,(H,29,34)(H,30,31)(H,32,33). The second kappa shape index (κ2) is 12.3. The van der Waals surface area contributed by atoms with E-state index in [1.807, 2.05) is 53.3 Å². The van der Waals surface area contributed by atoms with Gasteiger partial charge in [0, 0.05) is 23.7 Å². The summed E-state index contributed by atoms with van der Waals surface area (Å²) in [5, 5.41) is 2.79. The lowest BCUT2D eigenvalue weighted by atomic mass is 10.0. The number of methoxy groups -OCH3 is 2. The number of amides is 2. The maximum atomic E-state index is 12.9. The number of carbonyl (C=O) groups excluding carboxylic acids is 2. The summed E-state index contributed by atoms with van der Waals surface area (Å²) in [6.07, 6.45) is 0. The first-order valence-electron chi connectivity index (χ1n) is 12.1. The van der Waals surface area contributed by atoms with Crippen LogP contribution in [0.25, 0.3) is 22.5 Å². The summed E-state index contributed by atoms with van der Waals surface area (Å²) in [5.74, 6) is 0.475. The van der Waals surface area contributed by atoms with Gasteiger partial charge in [-0.15, -0.1) is 0 Å². The SMILES string of the molecule is COc1ccc(-c2nc(SC(C)C(=O)Nc3ccc(S(=O)(=O)NC(C)=O)cc3)[nH]c2-c2ccc(OC)cc2)cc1. The molecule has 0 aliphatic rings. The highest BCUT2D eigenvalue weighted by Crippen LogP contribution is 2.35. The molecule has 0 saturated carbocycles. The number of H-pyrrole nitrogens is 1. The van der Waals surface area contributed by atoms with Crippen LogP contribution in [0, 0.1) is 0 Å². The number of aromatic nitrogens is 2.